The maximum Gasteiger partial charge on any atom is 0.328 e. The lowest BCUT2D eigenvalue weighted by atomic mass is 9.98. The van der Waals surface area contributed by atoms with E-state index >= 15 is 0 Å². The molecule has 19 heavy (non-hydrogen) atoms. The highest BCUT2D eigenvalue weighted by Gasteiger charge is 2.02. The third-order valence-electron chi connectivity index (χ3n) is 3.14. The Morgan fingerprint density at radius 2 is 1.68 bits per heavy atom. The first kappa shape index (κ1) is 13.1. The van der Waals surface area contributed by atoms with Crippen molar-refractivity contribution >= 4 is 11.5 Å². The van der Waals surface area contributed by atoms with E-state index in [1.165, 1.54) is 17.2 Å². The van der Waals surface area contributed by atoms with Crippen molar-refractivity contribution in [2.75, 3.05) is 0 Å². The largest absolute Gasteiger partial charge is 0.478 e. The van der Waals surface area contributed by atoms with Crippen LogP contribution in [0.25, 0.3) is 16.7 Å². The molecule has 0 aliphatic rings. The molecule has 0 unspecified atom stereocenters. The molecule has 1 N–H and O–H groups in total. The van der Waals surface area contributed by atoms with Crippen molar-refractivity contribution in [2.45, 2.75) is 13.8 Å². The standard InChI is InChI=1S/C17H16O2/c1-12-5-3-4-6-16(12)15-9-7-14(8-10-15)13(2)11-17(18)19/h3-11H,1-2H3,(H,18,19). The Bertz CT molecular complexity index is 622. The van der Waals surface area contributed by atoms with Crippen LogP contribution in [0.15, 0.2) is 54.6 Å². The highest BCUT2D eigenvalue weighted by molar-refractivity contribution is 5.89. The average Bonchev–Trinajstić information content (AvgIpc) is 2.39. The number of aryl methyl sites for hydroxylation is 1. The van der Waals surface area contributed by atoms with Gasteiger partial charge < -0.3 is 5.11 Å². The highest BCUT2D eigenvalue weighted by atomic mass is 16.4. The Labute approximate surface area is 113 Å². The first-order chi connectivity index (χ1) is 9.08. The second-order valence-corrected chi connectivity index (χ2v) is 4.56. The number of carboxylic acids is 1. The van der Waals surface area contributed by atoms with Gasteiger partial charge in [0.15, 0.2) is 0 Å². The predicted octanol–water partition coefficient (Wildman–Crippen LogP) is 4.15. The van der Waals surface area contributed by atoms with E-state index < -0.39 is 5.97 Å². The molecule has 0 aliphatic carbocycles. The minimum atomic E-state index is -0.916. The molecule has 2 heteroatoms. The van der Waals surface area contributed by atoms with Crippen molar-refractivity contribution in [1.82, 2.24) is 0 Å². The maximum absolute atomic E-state index is 10.6. The van der Waals surface area contributed by atoms with Gasteiger partial charge in [-0.3, -0.25) is 0 Å². The molecule has 0 fully saturated rings. The van der Waals surface area contributed by atoms with Gasteiger partial charge in [-0.2, -0.15) is 0 Å². The fraction of sp³-hybridized carbons (Fsp3) is 0.118. The smallest absolute Gasteiger partial charge is 0.328 e. The molecule has 0 saturated carbocycles. The summed E-state index contributed by atoms with van der Waals surface area (Å²) in [6.45, 7) is 3.88. The minimum Gasteiger partial charge on any atom is -0.478 e. The Kier molecular flexibility index (Phi) is 3.81. The molecule has 2 rings (SSSR count). The fourth-order valence-corrected chi connectivity index (χ4v) is 2.08. The van der Waals surface area contributed by atoms with Crippen molar-refractivity contribution in [1.29, 1.82) is 0 Å². The van der Waals surface area contributed by atoms with Crippen LogP contribution in [-0.2, 0) is 4.79 Å². The molecule has 0 atom stereocenters. The molecule has 2 aromatic carbocycles. The third kappa shape index (κ3) is 3.10. The summed E-state index contributed by atoms with van der Waals surface area (Å²) in [5, 5.41) is 8.74. The molecule has 96 valence electrons. The minimum absolute atomic E-state index is 0.754. The van der Waals surface area contributed by atoms with Gasteiger partial charge in [0.05, 0.1) is 0 Å². The zero-order valence-corrected chi connectivity index (χ0v) is 11.1. The normalized spacial score (nSPS) is 11.4. The number of hydrogen-bond acceptors (Lipinski definition) is 1. The molecule has 0 aliphatic heterocycles. The monoisotopic (exact) mass is 252 g/mol. The number of benzene rings is 2. The summed E-state index contributed by atoms with van der Waals surface area (Å²) < 4.78 is 0. The van der Waals surface area contributed by atoms with Crippen LogP contribution in [0.2, 0.25) is 0 Å². The molecule has 0 amide bonds. The van der Waals surface area contributed by atoms with Gasteiger partial charge in [-0.25, -0.2) is 4.79 Å². The first-order valence-electron chi connectivity index (χ1n) is 6.15. The first-order valence-corrected chi connectivity index (χ1v) is 6.15. The van der Waals surface area contributed by atoms with Crippen LogP contribution in [-0.4, -0.2) is 11.1 Å². The topological polar surface area (TPSA) is 37.3 Å². The van der Waals surface area contributed by atoms with Gasteiger partial charge in [0.2, 0.25) is 0 Å². The molecular weight excluding hydrogens is 236 g/mol. The van der Waals surface area contributed by atoms with Crippen LogP contribution in [0.3, 0.4) is 0 Å². The van der Waals surface area contributed by atoms with E-state index in [9.17, 15) is 4.79 Å². The Hall–Kier alpha value is -2.35. The molecule has 0 saturated heterocycles. The number of hydrogen-bond donors (Lipinski definition) is 1. The lowest BCUT2D eigenvalue weighted by Gasteiger charge is -2.07. The van der Waals surface area contributed by atoms with Crippen molar-refractivity contribution in [2.24, 2.45) is 0 Å². The SMILES string of the molecule is CC(=CC(=O)O)c1ccc(-c2ccccc2C)cc1. The van der Waals surface area contributed by atoms with Gasteiger partial charge in [0.25, 0.3) is 0 Å². The van der Waals surface area contributed by atoms with E-state index in [-0.39, 0.29) is 0 Å². The van der Waals surface area contributed by atoms with Gasteiger partial charge >= 0.3 is 5.97 Å². The second kappa shape index (κ2) is 5.53. The van der Waals surface area contributed by atoms with Crippen LogP contribution < -0.4 is 0 Å². The predicted molar refractivity (Wildman–Crippen MR) is 77.9 cm³/mol. The number of carboxylic acid groups (broad SMARTS) is 1. The van der Waals surface area contributed by atoms with E-state index in [1.54, 1.807) is 6.92 Å². The summed E-state index contributed by atoms with van der Waals surface area (Å²) in [5.41, 5.74) is 5.26. The van der Waals surface area contributed by atoms with Crippen LogP contribution in [0.4, 0.5) is 0 Å². The number of allylic oxidation sites excluding steroid dienone is 1. The molecule has 0 bridgehead atoms. The molecule has 0 heterocycles. The summed E-state index contributed by atoms with van der Waals surface area (Å²) in [6, 6.07) is 16.2. The highest BCUT2D eigenvalue weighted by Crippen LogP contribution is 2.25. The van der Waals surface area contributed by atoms with E-state index in [4.69, 9.17) is 5.11 Å². The van der Waals surface area contributed by atoms with Gasteiger partial charge in [-0.15, -0.1) is 0 Å². The maximum atomic E-state index is 10.6. The Balaban J connectivity index is 2.34. The van der Waals surface area contributed by atoms with Crippen LogP contribution in [0.1, 0.15) is 18.1 Å². The quantitative estimate of drug-likeness (QED) is 0.833. The van der Waals surface area contributed by atoms with Gasteiger partial charge in [0, 0.05) is 6.08 Å². The zero-order chi connectivity index (χ0) is 13.8. The lowest BCUT2D eigenvalue weighted by molar-refractivity contribution is -0.131. The third-order valence-corrected chi connectivity index (χ3v) is 3.14. The summed E-state index contributed by atoms with van der Waals surface area (Å²) in [4.78, 5) is 10.6. The second-order valence-electron chi connectivity index (χ2n) is 4.56. The molecule has 2 aromatic rings. The van der Waals surface area contributed by atoms with Crippen molar-refractivity contribution in [3.05, 3.63) is 65.7 Å². The van der Waals surface area contributed by atoms with Crippen LogP contribution >= 0.6 is 0 Å². The van der Waals surface area contributed by atoms with Crippen LogP contribution in [0, 0.1) is 6.92 Å². The lowest BCUT2D eigenvalue weighted by Crippen LogP contribution is -1.90. The number of aliphatic carboxylic acids is 1. The van der Waals surface area contributed by atoms with E-state index in [0.29, 0.717) is 0 Å². The van der Waals surface area contributed by atoms with Crippen molar-refractivity contribution < 1.29 is 9.90 Å². The van der Waals surface area contributed by atoms with Gasteiger partial charge in [0.1, 0.15) is 0 Å². The fourth-order valence-electron chi connectivity index (χ4n) is 2.08. The van der Waals surface area contributed by atoms with Crippen LogP contribution in [0.5, 0.6) is 0 Å². The molecule has 2 nitrogen and oxygen atoms in total. The Morgan fingerprint density at radius 3 is 2.26 bits per heavy atom. The molecule has 0 radical (unpaired) electrons. The number of carbonyl (C=O) groups is 1. The van der Waals surface area contributed by atoms with Crippen molar-refractivity contribution in [3.63, 3.8) is 0 Å². The van der Waals surface area contributed by atoms with Crippen molar-refractivity contribution in [3.8, 4) is 11.1 Å². The zero-order valence-electron chi connectivity index (χ0n) is 11.1. The number of rotatable bonds is 3. The summed E-state index contributed by atoms with van der Waals surface area (Å²) in [7, 11) is 0. The molecule has 0 aromatic heterocycles. The summed E-state index contributed by atoms with van der Waals surface area (Å²) in [6.07, 6.45) is 1.22. The van der Waals surface area contributed by atoms with Gasteiger partial charge in [-0.05, 0) is 41.7 Å². The van der Waals surface area contributed by atoms with E-state index in [1.807, 2.05) is 36.4 Å². The Morgan fingerprint density at radius 1 is 1.05 bits per heavy atom. The van der Waals surface area contributed by atoms with E-state index in [2.05, 4.69) is 19.1 Å². The summed E-state index contributed by atoms with van der Waals surface area (Å²) in [5.74, 6) is -0.916. The molecular formula is C17H16O2. The molecule has 0 spiro atoms. The summed E-state index contributed by atoms with van der Waals surface area (Å²) >= 11 is 0. The van der Waals surface area contributed by atoms with E-state index in [0.717, 1.165) is 16.7 Å². The average molecular weight is 252 g/mol. The van der Waals surface area contributed by atoms with Gasteiger partial charge in [-0.1, -0.05) is 48.5 Å².